The fourth-order valence-corrected chi connectivity index (χ4v) is 5.29. The van der Waals surface area contributed by atoms with Gasteiger partial charge in [-0.1, -0.05) is 30.3 Å². The summed E-state index contributed by atoms with van der Waals surface area (Å²) in [5.41, 5.74) is 5.60. The molecule has 13 nitrogen and oxygen atoms in total. The second-order valence-electron chi connectivity index (χ2n) is 12.2. The number of piperidine rings is 1. The summed E-state index contributed by atoms with van der Waals surface area (Å²) in [6.45, 7) is 7.06. The molecule has 2 saturated heterocycles. The second-order valence-corrected chi connectivity index (χ2v) is 12.2. The third-order valence-corrected chi connectivity index (χ3v) is 7.39. The number of carbonyl (C=O) groups excluding carboxylic acids is 5. The number of nitrogens with one attached hydrogen (secondary N) is 4. The number of carbonyl (C=O) groups is 5. The van der Waals surface area contributed by atoms with Gasteiger partial charge in [0, 0.05) is 12.1 Å². The molecule has 0 spiro atoms. The highest BCUT2D eigenvalue weighted by molar-refractivity contribution is 5.93. The van der Waals surface area contributed by atoms with Crippen molar-refractivity contribution in [1.82, 2.24) is 26.2 Å². The Bertz CT molecular complexity index is 1120. The van der Waals surface area contributed by atoms with Crippen LogP contribution in [0.3, 0.4) is 0 Å². The van der Waals surface area contributed by atoms with Crippen molar-refractivity contribution >= 4 is 29.5 Å². The van der Waals surface area contributed by atoms with Gasteiger partial charge in [-0.2, -0.15) is 0 Å². The second kappa shape index (κ2) is 15.8. The summed E-state index contributed by atoms with van der Waals surface area (Å²) in [6, 6.07) is 5.72. The Labute approximate surface area is 252 Å². The molecule has 2 fully saturated rings. The van der Waals surface area contributed by atoms with Crippen LogP contribution in [0.15, 0.2) is 30.3 Å². The molecule has 13 heteroatoms. The van der Waals surface area contributed by atoms with Crippen LogP contribution in [0.1, 0.15) is 58.4 Å². The van der Waals surface area contributed by atoms with Crippen molar-refractivity contribution in [2.45, 2.75) is 95.2 Å². The van der Waals surface area contributed by atoms with E-state index in [1.54, 1.807) is 24.3 Å². The number of aliphatic hydroxyl groups excluding tert-OH is 1. The lowest BCUT2D eigenvalue weighted by molar-refractivity contribution is -0.147. The summed E-state index contributed by atoms with van der Waals surface area (Å²) in [4.78, 5) is 65.7. The number of hydrogen-bond donors (Lipinski definition) is 6. The van der Waals surface area contributed by atoms with E-state index in [9.17, 15) is 29.1 Å². The Hall–Kier alpha value is -3.55. The summed E-state index contributed by atoms with van der Waals surface area (Å²) in [5.74, 6) is -3.21. The van der Waals surface area contributed by atoms with Gasteiger partial charge in [-0.25, -0.2) is 0 Å². The van der Waals surface area contributed by atoms with E-state index in [4.69, 9.17) is 10.5 Å². The minimum absolute atomic E-state index is 0.0717. The first kappa shape index (κ1) is 33.9. The number of nitrogens with zero attached hydrogens (tertiary/aromatic N) is 1. The summed E-state index contributed by atoms with van der Waals surface area (Å²) < 4.78 is 5.65. The Morgan fingerprint density at radius 2 is 1.74 bits per heavy atom. The van der Waals surface area contributed by atoms with Crippen LogP contribution in [0.2, 0.25) is 0 Å². The van der Waals surface area contributed by atoms with Gasteiger partial charge in [0.1, 0.15) is 18.7 Å². The number of ether oxygens (including phenoxy) is 1. The van der Waals surface area contributed by atoms with E-state index in [-0.39, 0.29) is 31.6 Å². The zero-order valence-electron chi connectivity index (χ0n) is 25.3. The van der Waals surface area contributed by atoms with Crippen LogP contribution in [-0.2, 0) is 35.1 Å². The molecule has 2 heterocycles. The van der Waals surface area contributed by atoms with E-state index >= 15 is 0 Å². The lowest BCUT2D eigenvalue weighted by Crippen LogP contribution is -2.59. The number of aliphatic hydroxyl groups is 1. The van der Waals surface area contributed by atoms with Crippen molar-refractivity contribution in [3.63, 3.8) is 0 Å². The summed E-state index contributed by atoms with van der Waals surface area (Å²) >= 11 is 0. The average Bonchev–Trinajstić information content (AvgIpc) is 3.45. The standard InChI is InChI=1S/C30H46N6O7/c1-30(2,3)35-28(41)23-10-7-15-36(23)29(42)26(39)21(16-19-8-5-4-6-9-19)34-27(40)22(17-24(31)37)33-25(38)18-43-20-11-13-32-14-12-20/h4-6,8-9,20-23,26,32,39H,7,10-18H2,1-3H3,(H2,31,37)(H,33,38)(H,34,40)(H,35,41)/t21-,22-,23-,26-/m0/s1. The molecular weight excluding hydrogens is 556 g/mol. The van der Waals surface area contributed by atoms with E-state index < -0.39 is 59.8 Å². The molecule has 1 aromatic carbocycles. The highest BCUT2D eigenvalue weighted by Crippen LogP contribution is 2.21. The molecule has 0 aliphatic carbocycles. The van der Waals surface area contributed by atoms with Crippen LogP contribution < -0.4 is 27.0 Å². The fraction of sp³-hybridized carbons (Fsp3) is 0.633. The van der Waals surface area contributed by atoms with E-state index in [1.807, 2.05) is 26.8 Å². The Balaban J connectivity index is 1.74. The first-order valence-corrected chi connectivity index (χ1v) is 14.9. The van der Waals surface area contributed by atoms with Gasteiger partial charge < -0.3 is 41.7 Å². The van der Waals surface area contributed by atoms with Crippen molar-refractivity contribution in [3.8, 4) is 0 Å². The van der Waals surface area contributed by atoms with Gasteiger partial charge >= 0.3 is 0 Å². The van der Waals surface area contributed by atoms with Gasteiger partial charge in [-0.05, 0) is 71.5 Å². The van der Waals surface area contributed by atoms with Gasteiger partial charge in [0.15, 0.2) is 6.10 Å². The molecule has 238 valence electrons. The predicted molar refractivity (Wildman–Crippen MR) is 158 cm³/mol. The molecule has 2 aliphatic heterocycles. The van der Waals surface area contributed by atoms with Gasteiger partial charge in [-0.15, -0.1) is 0 Å². The lowest BCUT2D eigenvalue weighted by Gasteiger charge is -2.32. The van der Waals surface area contributed by atoms with Crippen LogP contribution in [-0.4, -0.2) is 102 Å². The molecule has 3 rings (SSSR count). The number of benzene rings is 1. The molecule has 0 bridgehead atoms. The highest BCUT2D eigenvalue weighted by Gasteiger charge is 2.40. The molecular formula is C30H46N6O7. The normalized spacial score (nSPS) is 19.6. The molecule has 1 aromatic rings. The van der Waals surface area contributed by atoms with Crippen LogP contribution in [0.25, 0.3) is 0 Å². The van der Waals surface area contributed by atoms with Gasteiger partial charge in [0.05, 0.1) is 18.6 Å². The lowest BCUT2D eigenvalue weighted by atomic mass is 9.99. The SMILES string of the molecule is CC(C)(C)NC(=O)[C@@H]1CCCN1C(=O)[C@@H](O)[C@H](Cc1ccccc1)NC(=O)[C@H](CC(N)=O)NC(=O)COC1CCNCC1. The maximum absolute atomic E-state index is 13.6. The molecule has 0 aromatic heterocycles. The quantitative estimate of drug-likeness (QED) is 0.167. The number of likely N-dealkylation sites (tertiary alicyclic amines) is 1. The predicted octanol–water partition coefficient (Wildman–Crippen LogP) is -0.891. The van der Waals surface area contributed by atoms with Crippen LogP contribution in [0.5, 0.6) is 0 Å². The van der Waals surface area contributed by atoms with E-state index in [2.05, 4.69) is 21.3 Å². The summed E-state index contributed by atoms with van der Waals surface area (Å²) in [6.07, 6.45) is 0.316. The highest BCUT2D eigenvalue weighted by atomic mass is 16.5. The summed E-state index contributed by atoms with van der Waals surface area (Å²) in [5, 5.41) is 22.6. The number of primary amides is 1. The van der Waals surface area contributed by atoms with Crippen molar-refractivity contribution in [3.05, 3.63) is 35.9 Å². The monoisotopic (exact) mass is 602 g/mol. The molecule has 0 unspecified atom stereocenters. The molecule has 7 N–H and O–H groups in total. The largest absolute Gasteiger partial charge is 0.381 e. The molecule has 0 radical (unpaired) electrons. The first-order valence-electron chi connectivity index (χ1n) is 14.9. The number of hydrogen-bond acceptors (Lipinski definition) is 8. The van der Waals surface area contributed by atoms with Gasteiger partial charge in [-0.3, -0.25) is 24.0 Å². The zero-order valence-corrected chi connectivity index (χ0v) is 25.3. The fourth-order valence-electron chi connectivity index (χ4n) is 5.29. The van der Waals surface area contributed by atoms with Crippen molar-refractivity contribution in [2.24, 2.45) is 5.73 Å². The van der Waals surface area contributed by atoms with E-state index in [0.29, 0.717) is 12.8 Å². The van der Waals surface area contributed by atoms with E-state index in [0.717, 1.165) is 31.5 Å². The third-order valence-electron chi connectivity index (χ3n) is 7.39. The maximum atomic E-state index is 13.6. The third kappa shape index (κ3) is 10.9. The van der Waals surface area contributed by atoms with Crippen LogP contribution >= 0.6 is 0 Å². The van der Waals surface area contributed by atoms with Crippen LogP contribution in [0.4, 0.5) is 0 Å². The average molecular weight is 603 g/mol. The molecule has 4 atom stereocenters. The number of amides is 5. The van der Waals surface area contributed by atoms with Crippen molar-refractivity contribution in [2.75, 3.05) is 26.2 Å². The molecule has 0 saturated carbocycles. The Morgan fingerprint density at radius 1 is 1.07 bits per heavy atom. The minimum Gasteiger partial charge on any atom is -0.381 e. The Kier molecular flexibility index (Phi) is 12.5. The van der Waals surface area contributed by atoms with Crippen LogP contribution in [0, 0.1) is 0 Å². The minimum atomic E-state index is -1.71. The topological polar surface area (TPSA) is 192 Å². The summed E-state index contributed by atoms with van der Waals surface area (Å²) in [7, 11) is 0. The van der Waals surface area contributed by atoms with E-state index in [1.165, 1.54) is 4.90 Å². The molecule has 5 amide bonds. The first-order chi connectivity index (χ1) is 20.3. The maximum Gasteiger partial charge on any atom is 0.254 e. The van der Waals surface area contributed by atoms with Crippen molar-refractivity contribution < 1.29 is 33.8 Å². The number of rotatable bonds is 13. The smallest absolute Gasteiger partial charge is 0.254 e. The number of nitrogens with two attached hydrogens (primary N) is 1. The zero-order chi connectivity index (χ0) is 31.6. The Morgan fingerprint density at radius 3 is 2.37 bits per heavy atom. The molecule has 2 aliphatic rings. The van der Waals surface area contributed by atoms with Crippen molar-refractivity contribution in [1.29, 1.82) is 0 Å². The molecule has 43 heavy (non-hydrogen) atoms. The van der Waals surface area contributed by atoms with Gasteiger partial charge in [0.25, 0.3) is 5.91 Å². The van der Waals surface area contributed by atoms with Gasteiger partial charge in [0.2, 0.25) is 23.6 Å².